The van der Waals surface area contributed by atoms with Crippen molar-refractivity contribution in [3.05, 3.63) is 44.9 Å². The van der Waals surface area contributed by atoms with Crippen LogP contribution in [-0.2, 0) is 6.42 Å². The van der Waals surface area contributed by atoms with E-state index in [1.54, 1.807) is 11.3 Å². The molecular formula is C15H18N2OS. The Hall–Kier alpha value is -1.39. The van der Waals surface area contributed by atoms with Crippen molar-refractivity contribution in [2.24, 2.45) is 0 Å². The lowest BCUT2D eigenvalue weighted by molar-refractivity contribution is 0.351. The highest BCUT2D eigenvalue weighted by Gasteiger charge is 2.25. The zero-order valence-corrected chi connectivity index (χ0v) is 12.3. The highest BCUT2D eigenvalue weighted by Crippen LogP contribution is 2.38. The predicted molar refractivity (Wildman–Crippen MR) is 78.1 cm³/mol. The summed E-state index contributed by atoms with van der Waals surface area (Å²) in [5, 5.41) is 4.52. The molecule has 4 heteroatoms. The lowest BCUT2D eigenvalue weighted by Gasteiger charge is -2.18. The molecule has 1 aromatic carbocycles. The first-order valence-electron chi connectivity index (χ1n) is 6.56. The van der Waals surface area contributed by atoms with E-state index in [1.165, 1.54) is 16.0 Å². The Morgan fingerprint density at radius 3 is 2.89 bits per heavy atom. The molecule has 0 saturated heterocycles. The fraction of sp³-hybridized carbons (Fsp3) is 0.400. The molecule has 0 aliphatic carbocycles. The van der Waals surface area contributed by atoms with Gasteiger partial charge < -0.3 is 10.1 Å². The van der Waals surface area contributed by atoms with Gasteiger partial charge >= 0.3 is 0 Å². The normalized spacial score (nSPS) is 15.1. The van der Waals surface area contributed by atoms with Crippen LogP contribution in [0.3, 0.4) is 0 Å². The van der Waals surface area contributed by atoms with E-state index in [0.29, 0.717) is 0 Å². The molecule has 1 aliphatic heterocycles. The molecule has 3 nitrogen and oxygen atoms in total. The van der Waals surface area contributed by atoms with Crippen LogP contribution in [0.1, 0.15) is 32.7 Å². The first-order valence-corrected chi connectivity index (χ1v) is 7.38. The van der Waals surface area contributed by atoms with Gasteiger partial charge in [-0.15, -0.1) is 11.3 Å². The number of benzene rings is 1. The van der Waals surface area contributed by atoms with Gasteiger partial charge in [-0.3, -0.25) is 0 Å². The van der Waals surface area contributed by atoms with E-state index >= 15 is 0 Å². The number of thiazole rings is 1. The lowest BCUT2D eigenvalue weighted by atomic mass is 10.00. The van der Waals surface area contributed by atoms with Gasteiger partial charge in [-0.25, -0.2) is 4.98 Å². The zero-order chi connectivity index (χ0) is 13.4. The summed E-state index contributed by atoms with van der Waals surface area (Å²) < 4.78 is 5.82. The molecule has 19 heavy (non-hydrogen) atoms. The summed E-state index contributed by atoms with van der Waals surface area (Å²) in [4.78, 5) is 5.82. The van der Waals surface area contributed by atoms with Crippen LogP contribution in [0.15, 0.2) is 18.2 Å². The first-order chi connectivity index (χ1) is 9.20. The molecule has 2 heterocycles. The van der Waals surface area contributed by atoms with Crippen molar-refractivity contribution >= 4 is 11.3 Å². The standard InChI is InChI=1S/C15H18N2OS/c1-9-15(19-10(2)17-9)13(16-3)12-6-4-5-11-7-8-18-14(11)12/h4-6,13,16H,7-8H2,1-3H3. The molecule has 1 aromatic heterocycles. The van der Waals surface area contributed by atoms with Gasteiger partial charge in [0.05, 0.1) is 23.4 Å². The van der Waals surface area contributed by atoms with E-state index < -0.39 is 0 Å². The number of fused-ring (bicyclic) bond motifs is 1. The van der Waals surface area contributed by atoms with E-state index in [9.17, 15) is 0 Å². The summed E-state index contributed by atoms with van der Waals surface area (Å²) in [7, 11) is 1.99. The highest BCUT2D eigenvalue weighted by atomic mass is 32.1. The van der Waals surface area contributed by atoms with Crippen LogP contribution in [0.5, 0.6) is 5.75 Å². The molecular weight excluding hydrogens is 256 g/mol. The maximum Gasteiger partial charge on any atom is 0.127 e. The van der Waals surface area contributed by atoms with Crippen molar-refractivity contribution in [2.75, 3.05) is 13.7 Å². The molecule has 0 bridgehead atoms. The number of rotatable bonds is 3. The van der Waals surface area contributed by atoms with Crippen LogP contribution >= 0.6 is 11.3 Å². The Morgan fingerprint density at radius 1 is 1.37 bits per heavy atom. The van der Waals surface area contributed by atoms with Crippen molar-refractivity contribution in [3.63, 3.8) is 0 Å². The minimum absolute atomic E-state index is 0.166. The quantitative estimate of drug-likeness (QED) is 0.934. The second kappa shape index (κ2) is 4.94. The van der Waals surface area contributed by atoms with Crippen LogP contribution in [0.2, 0.25) is 0 Å². The van der Waals surface area contributed by atoms with Crippen molar-refractivity contribution in [3.8, 4) is 5.75 Å². The Morgan fingerprint density at radius 2 is 2.21 bits per heavy atom. The molecule has 3 rings (SSSR count). The van der Waals surface area contributed by atoms with E-state index in [0.717, 1.165) is 29.5 Å². The molecule has 100 valence electrons. The van der Waals surface area contributed by atoms with E-state index in [2.05, 4.69) is 42.3 Å². The van der Waals surface area contributed by atoms with E-state index in [1.807, 2.05) is 7.05 Å². The van der Waals surface area contributed by atoms with Crippen molar-refractivity contribution in [1.82, 2.24) is 10.3 Å². The molecule has 0 saturated carbocycles. The number of aryl methyl sites for hydroxylation is 2. The fourth-order valence-electron chi connectivity index (χ4n) is 2.71. The molecule has 2 aromatic rings. The number of para-hydroxylation sites is 1. The second-order valence-electron chi connectivity index (χ2n) is 4.84. The molecule has 1 N–H and O–H groups in total. The molecule has 1 unspecified atom stereocenters. The smallest absolute Gasteiger partial charge is 0.127 e. The fourth-order valence-corrected chi connectivity index (χ4v) is 3.77. The average molecular weight is 274 g/mol. The average Bonchev–Trinajstić information content (AvgIpc) is 2.98. The molecule has 0 fully saturated rings. The summed E-state index contributed by atoms with van der Waals surface area (Å²) in [6.45, 7) is 4.93. The van der Waals surface area contributed by atoms with Crippen molar-refractivity contribution < 1.29 is 4.74 Å². The Bertz CT molecular complexity index is 606. The maximum atomic E-state index is 5.82. The number of hydrogen-bond acceptors (Lipinski definition) is 4. The van der Waals surface area contributed by atoms with Gasteiger partial charge in [0, 0.05) is 16.9 Å². The third kappa shape index (κ3) is 2.15. The Labute approximate surface area is 117 Å². The summed E-state index contributed by atoms with van der Waals surface area (Å²) in [6, 6.07) is 6.60. The molecule has 0 spiro atoms. The molecule has 0 radical (unpaired) electrons. The zero-order valence-electron chi connectivity index (χ0n) is 11.5. The number of aromatic nitrogens is 1. The Balaban J connectivity index is 2.09. The topological polar surface area (TPSA) is 34.1 Å². The van der Waals surface area contributed by atoms with Crippen LogP contribution in [0.4, 0.5) is 0 Å². The van der Waals surface area contributed by atoms with E-state index in [-0.39, 0.29) is 6.04 Å². The third-order valence-electron chi connectivity index (χ3n) is 3.55. The summed E-state index contributed by atoms with van der Waals surface area (Å²) in [6.07, 6.45) is 1.01. The molecule has 1 aliphatic rings. The number of hydrogen-bond donors (Lipinski definition) is 1. The minimum Gasteiger partial charge on any atom is -0.493 e. The van der Waals surface area contributed by atoms with Gasteiger partial charge in [-0.1, -0.05) is 18.2 Å². The van der Waals surface area contributed by atoms with Gasteiger partial charge in [0.25, 0.3) is 0 Å². The van der Waals surface area contributed by atoms with Gasteiger partial charge in [0.1, 0.15) is 5.75 Å². The van der Waals surface area contributed by atoms with E-state index in [4.69, 9.17) is 4.74 Å². The third-order valence-corrected chi connectivity index (χ3v) is 4.68. The van der Waals surface area contributed by atoms with Crippen LogP contribution in [0.25, 0.3) is 0 Å². The molecule has 0 amide bonds. The van der Waals surface area contributed by atoms with Gasteiger partial charge in [-0.05, 0) is 26.5 Å². The monoisotopic (exact) mass is 274 g/mol. The van der Waals surface area contributed by atoms with Crippen molar-refractivity contribution in [2.45, 2.75) is 26.3 Å². The lowest BCUT2D eigenvalue weighted by Crippen LogP contribution is -2.18. The maximum absolute atomic E-state index is 5.82. The van der Waals surface area contributed by atoms with Crippen LogP contribution in [0, 0.1) is 13.8 Å². The number of ether oxygens (including phenoxy) is 1. The predicted octanol–water partition coefficient (Wildman–Crippen LogP) is 3.00. The molecule has 1 atom stereocenters. The SMILES string of the molecule is CNC(c1cccc2c1OCC2)c1sc(C)nc1C. The largest absolute Gasteiger partial charge is 0.493 e. The number of nitrogens with zero attached hydrogens (tertiary/aromatic N) is 1. The second-order valence-corrected chi connectivity index (χ2v) is 6.07. The van der Waals surface area contributed by atoms with Gasteiger partial charge in [0.2, 0.25) is 0 Å². The van der Waals surface area contributed by atoms with Crippen molar-refractivity contribution in [1.29, 1.82) is 0 Å². The number of nitrogens with one attached hydrogen (secondary N) is 1. The Kier molecular flexibility index (Phi) is 3.29. The summed E-state index contributed by atoms with van der Waals surface area (Å²) in [5.41, 5.74) is 3.65. The first kappa shape index (κ1) is 12.6. The van der Waals surface area contributed by atoms with Crippen LogP contribution in [-0.4, -0.2) is 18.6 Å². The minimum atomic E-state index is 0.166. The van der Waals surface area contributed by atoms with Crippen LogP contribution < -0.4 is 10.1 Å². The van der Waals surface area contributed by atoms with Gasteiger partial charge in [0.15, 0.2) is 0 Å². The van der Waals surface area contributed by atoms with Gasteiger partial charge in [-0.2, -0.15) is 0 Å². The highest BCUT2D eigenvalue weighted by molar-refractivity contribution is 7.11. The summed E-state index contributed by atoms with van der Waals surface area (Å²) >= 11 is 1.76. The summed E-state index contributed by atoms with van der Waals surface area (Å²) in [5.74, 6) is 1.06.